The van der Waals surface area contributed by atoms with Crippen molar-refractivity contribution in [3.8, 4) is 17.1 Å². The number of aromatic nitrogens is 2. The van der Waals surface area contributed by atoms with Gasteiger partial charge in [0.05, 0.1) is 0 Å². The third-order valence-corrected chi connectivity index (χ3v) is 3.27. The van der Waals surface area contributed by atoms with Crippen molar-refractivity contribution in [2.45, 2.75) is 32.6 Å². The average molecular weight is 296 g/mol. The molecule has 0 radical (unpaired) electrons. The number of hydrogen-bond donors (Lipinski definition) is 0. The molecule has 0 fully saturated rings. The largest absolute Gasteiger partial charge is 0.423 e. The van der Waals surface area contributed by atoms with E-state index in [1.54, 1.807) is 12.1 Å². The highest BCUT2D eigenvalue weighted by Crippen LogP contribution is 2.19. The Morgan fingerprint density at radius 1 is 1.18 bits per heavy atom. The van der Waals surface area contributed by atoms with Gasteiger partial charge in [0.2, 0.25) is 0 Å². The Balaban J connectivity index is 2.02. The zero-order chi connectivity index (χ0) is 15.8. The molecule has 0 spiro atoms. The predicted octanol–water partition coefficient (Wildman–Crippen LogP) is 3.97. The number of carbonyl (C=O) groups is 1. The summed E-state index contributed by atoms with van der Waals surface area (Å²) in [5, 5.41) is 0. The van der Waals surface area contributed by atoms with E-state index in [9.17, 15) is 4.79 Å². The lowest BCUT2D eigenvalue weighted by Gasteiger charge is -2.04. The summed E-state index contributed by atoms with van der Waals surface area (Å²) in [6.07, 6.45) is 9.52. The zero-order valence-corrected chi connectivity index (χ0v) is 12.8. The van der Waals surface area contributed by atoms with Crippen molar-refractivity contribution in [3.63, 3.8) is 0 Å². The van der Waals surface area contributed by atoms with Crippen molar-refractivity contribution in [3.05, 3.63) is 54.9 Å². The molecule has 4 heteroatoms. The van der Waals surface area contributed by atoms with Crippen LogP contribution < -0.4 is 4.74 Å². The maximum Gasteiger partial charge on any atom is 0.335 e. The van der Waals surface area contributed by atoms with Gasteiger partial charge >= 0.3 is 5.97 Å². The molecule has 0 N–H and O–H groups in total. The van der Waals surface area contributed by atoms with Crippen LogP contribution in [0.15, 0.2) is 49.3 Å². The minimum absolute atomic E-state index is 0.472. The molecule has 0 unspecified atom stereocenters. The smallest absolute Gasteiger partial charge is 0.335 e. The van der Waals surface area contributed by atoms with E-state index in [0.717, 1.165) is 23.6 Å². The number of ether oxygens (including phenoxy) is 1. The molecule has 0 saturated carbocycles. The van der Waals surface area contributed by atoms with E-state index in [4.69, 9.17) is 4.74 Å². The average Bonchev–Trinajstić information content (AvgIpc) is 2.56. The Kier molecular flexibility index (Phi) is 5.83. The Morgan fingerprint density at radius 2 is 1.86 bits per heavy atom. The van der Waals surface area contributed by atoms with Crippen LogP contribution in [0.4, 0.5) is 0 Å². The Bertz CT molecular complexity index is 619. The van der Waals surface area contributed by atoms with Gasteiger partial charge in [-0.05, 0) is 42.7 Å². The molecule has 22 heavy (non-hydrogen) atoms. The van der Waals surface area contributed by atoms with Crippen LogP contribution in [-0.2, 0) is 11.2 Å². The summed E-state index contributed by atoms with van der Waals surface area (Å²) in [7, 11) is 0. The summed E-state index contributed by atoms with van der Waals surface area (Å²) in [6.45, 7) is 5.55. The quantitative estimate of drug-likeness (QED) is 0.336. The summed E-state index contributed by atoms with van der Waals surface area (Å²) in [5.41, 5.74) is 2.05. The molecule has 2 aromatic rings. The van der Waals surface area contributed by atoms with Crippen molar-refractivity contribution in [2.24, 2.45) is 0 Å². The third kappa shape index (κ3) is 4.52. The third-order valence-electron chi connectivity index (χ3n) is 3.27. The fourth-order valence-corrected chi connectivity index (χ4v) is 2.04. The summed E-state index contributed by atoms with van der Waals surface area (Å²) >= 11 is 0. The van der Waals surface area contributed by atoms with Crippen molar-refractivity contribution < 1.29 is 9.53 Å². The molecule has 0 bridgehead atoms. The number of rotatable bonds is 7. The number of nitrogens with zero attached hydrogens (tertiary/aromatic N) is 2. The second-order valence-corrected chi connectivity index (χ2v) is 5.02. The number of esters is 1. The first kappa shape index (κ1) is 15.9. The minimum atomic E-state index is -0.472. The van der Waals surface area contributed by atoms with Crippen LogP contribution in [0, 0.1) is 0 Å². The van der Waals surface area contributed by atoms with Gasteiger partial charge in [0.15, 0.2) is 5.82 Å². The zero-order valence-electron chi connectivity index (χ0n) is 12.8. The second-order valence-electron chi connectivity index (χ2n) is 5.02. The molecule has 0 aliphatic heterocycles. The van der Waals surface area contributed by atoms with Gasteiger partial charge in [-0.3, -0.25) is 0 Å². The molecule has 0 aliphatic carbocycles. The highest BCUT2D eigenvalue weighted by Gasteiger charge is 2.04. The van der Waals surface area contributed by atoms with Crippen molar-refractivity contribution in [2.75, 3.05) is 0 Å². The SMILES string of the molecule is C=CC(=O)Oc1ccc(-c2ncc(CCCCC)cn2)cc1. The fourth-order valence-electron chi connectivity index (χ4n) is 2.04. The van der Waals surface area contributed by atoms with Crippen LogP contribution in [-0.4, -0.2) is 15.9 Å². The first-order valence-corrected chi connectivity index (χ1v) is 7.48. The van der Waals surface area contributed by atoms with Crippen LogP contribution in [0.25, 0.3) is 11.4 Å². The molecule has 2 rings (SSSR count). The van der Waals surface area contributed by atoms with E-state index >= 15 is 0 Å². The van der Waals surface area contributed by atoms with Gasteiger partial charge in [0.1, 0.15) is 5.75 Å². The van der Waals surface area contributed by atoms with E-state index < -0.39 is 5.97 Å². The fraction of sp³-hybridized carbons (Fsp3) is 0.278. The highest BCUT2D eigenvalue weighted by atomic mass is 16.5. The summed E-state index contributed by atoms with van der Waals surface area (Å²) in [4.78, 5) is 19.9. The monoisotopic (exact) mass is 296 g/mol. The minimum Gasteiger partial charge on any atom is -0.423 e. The lowest BCUT2D eigenvalue weighted by Crippen LogP contribution is -2.02. The normalized spacial score (nSPS) is 10.2. The molecule has 114 valence electrons. The number of carbonyl (C=O) groups excluding carboxylic acids is 1. The molecule has 0 aliphatic rings. The maximum atomic E-state index is 11.1. The van der Waals surface area contributed by atoms with E-state index in [1.807, 2.05) is 24.5 Å². The second kappa shape index (κ2) is 8.08. The van der Waals surface area contributed by atoms with Crippen molar-refractivity contribution in [1.82, 2.24) is 9.97 Å². The number of hydrogen-bond acceptors (Lipinski definition) is 4. The van der Waals surface area contributed by atoms with E-state index in [-0.39, 0.29) is 0 Å². The summed E-state index contributed by atoms with van der Waals surface area (Å²) in [5.74, 6) is 0.672. The first-order chi connectivity index (χ1) is 10.7. The number of unbranched alkanes of at least 4 members (excludes halogenated alkanes) is 2. The molecule has 0 atom stereocenters. The number of benzene rings is 1. The van der Waals surface area contributed by atoms with E-state index in [1.165, 1.54) is 19.3 Å². The molecule has 1 aromatic carbocycles. The van der Waals surface area contributed by atoms with Gasteiger partial charge in [-0.1, -0.05) is 26.3 Å². The van der Waals surface area contributed by atoms with E-state index in [0.29, 0.717) is 11.6 Å². The molecular formula is C18H20N2O2. The van der Waals surface area contributed by atoms with Gasteiger partial charge in [-0.15, -0.1) is 0 Å². The Labute approximate surface area is 130 Å². The molecule has 0 amide bonds. The van der Waals surface area contributed by atoms with Crippen molar-refractivity contribution in [1.29, 1.82) is 0 Å². The lowest BCUT2D eigenvalue weighted by molar-refractivity contribution is -0.128. The van der Waals surface area contributed by atoms with Gasteiger partial charge in [0.25, 0.3) is 0 Å². The number of aryl methyl sites for hydroxylation is 1. The van der Waals surface area contributed by atoms with Crippen LogP contribution >= 0.6 is 0 Å². The molecule has 1 aromatic heterocycles. The van der Waals surface area contributed by atoms with Crippen LogP contribution in [0.1, 0.15) is 31.7 Å². The van der Waals surface area contributed by atoms with Gasteiger partial charge in [-0.2, -0.15) is 0 Å². The summed E-state index contributed by atoms with van der Waals surface area (Å²) < 4.78 is 5.03. The van der Waals surface area contributed by atoms with Gasteiger partial charge in [-0.25, -0.2) is 14.8 Å². The maximum absolute atomic E-state index is 11.1. The van der Waals surface area contributed by atoms with Crippen LogP contribution in [0.5, 0.6) is 5.75 Å². The van der Waals surface area contributed by atoms with Crippen LogP contribution in [0.2, 0.25) is 0 Å². The Morgan fingerprint density at radius 3 is 2.45 bits per heavy atom. The predicted molar refractivity (Wildman–Crippen MR) is 86.5 cm³/mol. The molecule has 4 nitrogen and oxygen atoms in total. The molecule has 1 heterocycles. The Hall–Kier alpha value is -2.49. The van der Waals surface area contributed by atoms with Crippen LogP contribution in [0.3, 0.4) is 0 Å². The first-order valence-electron chi connectivity index (χ1n) is 7.48. The summed E-state index contributed by atoms with van der Waals surface area (Å²) in [6, 6.07) is 7.10. The van der Waals surface area contributed by atoms with Crippen molar-refractivity contribution >= 4 is 5.97 Å². The molecular weight excluding hydrogens is 276 g/mol. The lowest BCUT2D eigenvalue weighted by atomic mass is 10.1. The highest BCUT2D eigenvalue weighted by molar-refractivity contribution is 5.83. The topological polar surface area (TPSA) is 52.1 Å². The molecule has 0 saturated heterocycles. The van der Waals surface area contributed by atoms with E-state index in [2.05, 4.69) is 23.5 Å². The van der Waals surface area contributed by atoms with Gasteiger partial charge < -0.3 is 4.74 Å². The van der Waals surface area contributed by atoms with Gasteiger partial charge in [0, 0.05) is 24.0 Å². The standard InChI is InChI=1S/C18H20N2O2/c1-3-5-6-7-14-12-19-18(20-13-14)15-8-10-16(11-9-15)22-17(21)4-2/h4,8-13H,2-3,5-7H2,1H3.